The predicted molar refractivity (Wildman–Crippen MR) is 80.2 cm³/mol. The topological polar surface area (TPSA) is 0 Å². The quantitative estimate of drug-likeness (QED) is 0.457. The Morgan fingerprint density at radius 2 is 1.76 bits per heavy atom. The van der Waals surface area contributed by atoms with E-state index in [2.05, 4.69) is 59.4 Å². The van der Waals surface area contributed by atoms with Crippen LogP contribution in [0.5, 0.6) is 0 Å². The van der Waals surface area contributed by atoms with Crippen LogP contribution in [0.4, 0.5) is 0 Å². The van der Waals surface area contributed by atoms with Gasteiger partial charge in [-0.05, 0) is 51.4 Å². The summed E-state index contributed by atoms with van der Waals surface area (Å²) in [7, 11) is 0. The van der Waals surface area contributed by atoms with Gasteiger partial charge >= 0.3 is 0 Å². The first-order chi connectivity index (χ1) is 8.01. The van der Waals surface area contributed by atoms with Crippen molar-refractivity contribution in [2.24, 2.45) is 11.8 Å². The van der Waals surface area contributed by atoms with Gasteiger partial charge in [-0.3, -0.25) is 0 Å². The molecule has 0 nitrogen and oxygen atoms in total. The molecule has 0 heterocycles. The van der Waals surface area contributed by atoms with Crippen LogP contribution >= 0.6 is 0 Å². The fourth-order valence-corrected chi connectivity index (χ4v) is 1.63. The Balaban J connectivity index is 3.98. The molecule has 0 aromatic rings. The van der Waals surface area contributed by atoms with Gasteiger partial charge in [-0.25, -0.2) is 0 Å². The molecule has 0 amide bonds. The van der Waals surface area contributed by atoms with E-state index >= 15 is 0 Å². The van der Waals surface area contributed by atoms with Crippen molar-refractivity contribution >= 4 is 0 Å². The minimum absolute atomic E-state index is 0.612. The van der Waals surface area contributed by atoms with Crippen LogP contribution < -0.4 is 0 Å². The van der Waals surface area contributed by atoms with Gasteiger partial charge in [-0.2, -0.15) is 0 Å². The van der Waals surface area contributed by atoms with Gasteiger partial charge in [0.15, 0.2) is 0 Å². The first kappa shape index (κ1) is 16.2. The summed E-state index contributed by atoms with van der Waals surface area (Å²) in [6.45, 7) is 15.1. The van der Waals surface area contributed by atoms with Crippen molar-refractivity contribution in [2.45, 2.75) is 60.3 Å². The third kappa shape index (κ3) is 8.01. The zero-order valence-corrected chi connectivity index (χ0v) is 12.4. The maximum Gasteiger partial charge on any atom is -0.0236 e. The second kappa shape index (κ2) is 9.27. The Bertz CT molecular complexity index is 268. The van der Waals surface area contributed by atoms with Gasteiger partial charge in [0.05, 0.1) is 0 Å². The summed E-state index contributed by atoms with van der Waals surface area (Å²) >= 11 is 0. The SMILES string of the molecule is C=C[C@H](C)[C@H](C)C/C=C(\C)CC/C=C(/C)CC. The summed E-state index contributed by atoms with van der Waals surface area (Å²) in [5, 5.41) is 0. The monoisotopic (exact) mass is 234 g/mol. The molecule has 0 rings (SSSR count). The average Bonchev–Trinajstić information content (AvgIpc) is 2.34. The number of rotatable bonds is 8. The molecule has 0 aromatic heterocycles. The molecule has 0 bridgehead atoms. The largest absolute Gasteiger partial charge is 0.103 e. The Hall–Kier alpha value is -0.780. The highest BCUT2D eigenvalue weighted by molar-refractivity contribution is 5.03. The third-order valence-electron chi connectivity index (χ3n) is 3.70. The summed E-state index contributed by atoms with van der Waals surface area (Å²) in [4.78, 5) is 0. The van der Waals surface area contributed by atoms with E-state index in [1.165, 1.54) is 36.8 Å². The number of hydrogen-bond donors (Lipinski definition) is 0. The van der Waals surface area contributed by atoms with Crippen molar-refractivity contribution in [1.82, 2.24) is 0 Å². The molecule has 0 saturated heterocycles. The zero-order valence-electron chi connectivity index (χ0n) is 12.4. The van der Waals surface area contributed by atoms with Gasteiger partial charge in [-0.1, -0.05) is 50.1 Å². The van der Waals surface area contributed by atoms with E-state index < -0.39 is 0 Å². The molecule has 0 fully saturated rings. The molecule has 98 valence electrons. The van der Waals surface area contributed by atoms with Gasteiger partial charge in [0, 0.05) is 0 Å². The van der Waals surface area contributed by atoms with E-state index in [0.29, 0.717) is 11.8 Å². The summed E-state index contributed by atoms with van der Waals surface area (Å²) < 4.78 is 0. The number of hydrogen-bond acceptors (Lipinski definition) is 0. The van der Waals surface area contributed by atoms with Crippen LogP contribution in [-0.2, 0) is 0 Å². The molecule has 0 spiro atoms. The van der Waals surface area contributed by atoms with Crippen LogP contribution in [0.2, 0.25) is 0 Å². The molecule has 0 heteroatoms. The maximum absolute atomic E-state index is 3.86. The summed E-state index contributed by atoms with van der Waals surface area (Å²) in [6, 6.07) is 0. The van der Waals surface area contributed by atoms with Gasteiger partial charge in [0.2, 0.25) is 0 Å². The lowest BCUT2D eigenvalue weighted by Gasteiger charge is -2.14. The Kier molecular flexibility index (Phi) is 8.85. The van der Waals surface area contributed by atoms with Gasteiger partial charge in [0.1, 0.15) is 0 Å². The normalized spacial score (nSPS) is 16.8. The van der Waals surface area contributed by atoms with Crippen molar-refractivity contribution in [3.8, 4) is 0 Å². The molecule has 0 unspecified atom stereocenters. The van der Waals surface area contributed by atoms with Crippen molar-refractivity contribution in [1.29, 1.82) is 0 Å². The van der Waals surface area contributed by atoms with E-state index in [1.807, 2.05) is 0 Å². The third-order valence-corrected chi connectivity index (χ3v) is 3.70. The summed E-state index contributed by atoms with van der Waals surface area (Å²) in [5.41, 5.74) is 3.03. The molecule has 0 aliphatic carbocycles. The van der Waals surface area contributed by atoms with Crippen LogP contribution in [-0.4, -0.2) is 0 Å². The second-order valence-electron chi connectivity index (χ2n) is 5.30. The predicted octanol–water partition coefficient (Wildman–Crippen LogP) is 5.92. The van der Waals surface area contributed by atoms with Crippen LogP contribution in [0.3, 0.4) is 0 Å². The molecule has 17 heavy (non-hydrogen) atoms. The molecule has 0 saturated carbocycles. The Morgan fingerprint density at radius 3 is 2.29 bits per heavy atom. The van der Waals surface area contributed by atoms with Gasteiger partial charge in [0.25, 0.3) is 0 Å². The van der Waals surface area contributed by atoms with E-state index in [0.717, 1.165) is 0 Å². The van der Waals surface area contributed by atoms with Crippen LogP contribution in [0, 0.1) is 11.8 Å². The maximum atomic E-state index is 3.86. The highest BCUT2D eigenvalue weighted by Gasteiger charge is 2.06. The second-order valence-corrected chi connectivity index (χ2v) is 5.30. The fourth-order valence-electron chi connectivity index (χ4n) is 1.63. The molecule has 2 atom stereocenters. The summed E-state index contributed by atoms with van der Waals surface area (Å²) in [6.07, 6.45) is 11.6. The average molecular weight is 234 g/mol. The standard InChI is InChI=1S/C17H30/c1-7-14(3)10-9-11-15(4)12-13-17(6)16(5)8-2/h8,10,12,16-17H,2,7,9,11,13H2,1,3-6H3/b14-10-,15-12+/t16-,17+/m0/s1. The molecular formula is C17H30. The van der Waals surface area contributed by atoms with Crippen LogP contribution in [0.25, 0.3) is 0 Å². The van der Waals surface area contributed by atoms with E-state index in [1.54, 1.807) is 0 Å². The Labute approximate surface area is 109 Å². The van der Waals surface area contributed by atoms with E-state index in [9.17, 15) is 0 Å². The first-order valence-corrected chi connectivity index (χ1v) is 6.95. The molecule has 0 N–H and O–H groups in total. The molecular weight excluding hydrogens is 204 g/mol. The van der Waals surface area contributed by atoms with E-state index in [4.69, 9.17) is 0 Å². The highest BCUT2D eigenvalue weighted by atomic mass is 14.1. The Morgan fingerprint density at radius 1 is 1.12 bits per heavy atom. The van der Waals surface area contributed by atoms with Crippen LogP contribution in [0.1, 0.15) is 60.3 Å². The number of allylic oxidation sites excluding steroid dienone is 5. The highest BCUT2D eigenvalue weighted by Crippen LogP contribution is 2.18. The van der Waals surface area contributed by atoms with Crippen molar-refractivity contribution in [3.63, 3.8) is 0 Å². The van der Waals surface area contributed by atoms with Crippen LogP contribution in [0.15, 0.2) is 36.0 Å². The van der Waals surface area contributed by atoms with Gasteiger partial charge in [-0.15, -0.1) is 6.58 Å². The lowest BCUT2D eigenvalue weighted by molar-refractivity contribution is 0.465. The minimum Gasteiger partial charge on any atom is -0.103 e. The minimum atomic E-state index is 0.612. The molecule has 0 aromatic carbocycles. The van der Waals surface area contributed by atoms with E-state index in [-0.39, 0.29) is 0 Å². The van der Waals surface area contributed by atoms with Crippen molar-refractivity contribution in [2.75, 3.05) is 0 Å². The lowest BCUT2D eigenvalue weighted by Crippen LogP contribution is -2.03. The molecule has 0 aliphatic rings. The van der Waals surface area contributed by atoms with Crippen molar-refractivity contribution in [3.05, 3.63) is 36.0 Å². The summed E-state index contributed by atoms with van der Waals surface area (Å²) in [5.74, 6) is 1.32. The smallest absolute Gasteiger partial charge is 0.0236 e. The van der Waals surface area contributed by atoms with Crippen molar-refractivity contribution < 1.29 is 0 Å². The fraction of sp³-hybridized carbons (Fsp3) is 0.647. The zero-order chi connectivity index (χ0) is 13.3. The molecule has 0 aliphatic heterocycles. The van der Waals surface area contributed by atoms with Gasteiger partial charge < -0.3 is 0 Å². The first-order valence-electron chi connectivity index (χ1n) is 6.95. The molecule has 0 radical (unpaired) electrons. The lowest BCUT2D eigenvalue weighted by atomic mass is 9.92.